The Balaban J connectivity index is 2.29. The highest BCUT2D eigenvalue weighted by Crippen LogP contribution is 2.27. The molecule has 0 saturated heterocycles. The maximum Gasteiger partial charge on any atom is 0.123 e. The molecule has 0 unspecified atom stereocenters. The molecule has 0 aliphatic heterocycles. The van der Waals surface area contributed by atoms with Gasteiger partial charge in [0, 0.05) is 0 Å². The van der Waals surface area contributed by atoms with Crippen LogP contribution in [0.25, 0.3) is 5.57 Å². The van der Waals surface area contributed by atoms with E-state index >= 15 is 0 Å². The van der Waals surface area contributed by atoms with Crippen molar-refractivity contribution in [3.8, 4) is 0 Å². The van der Waals surface area contributed by atoms with Crippen LogP contribution < -0.4 is 0 Å². The van der Waals surface area contributed by atoms with Crippen LogP contribution in [-0.4, -0.2) is 0 Å². The van der Waals surface area contributed by atoms with E-state index in [0.717, 1.165) is 12.0 Å². The summed E-state index contributed by atoms with van der Waals surface area (Å²) in [7, 11) is 0. The van der Waals surface area contributed by atoms with E-state index in [0.29, 0.717) is 0 Å². The van der Waals surface area contributed by atoms with Crippen LogP contribution >= 0.6 is 0 Å². The predicted molar refractivity (Wildman–Crippen MR) is 52.8 cm³/mol. The first-order valence-electron chi connectivity index (χ1n) is 4.38. The maximum absolute atomic E-state index is 12.9. The monoisotopic (exact) mass is 174 g/mol. The summed E-state index contributed by atoms with van der Waals surface area (Å²) in [5.41, 5.74) is 3.53. The molecule has 0 bridgehead atoms. The van der Waals surface area contributed by atoms with E-state index < -0.39 is 0 Å². The Labute approximate surface area is 77.4 Å². The summed E-state index contributed by atoms with van der Waals surface area (Å²) in [6, 6.07) is 6.75. The summed E-state index contributed by atoms with van der Waals surface area (Å²) in [5.74, 6) is -0.164. The number of halogens is 1. The van der Waals surface area contributed by atoms with Gasteiger partial charge < -0.3 is 0 Å². The smallest absolute Gasteiger partial charge is 0.123 e. The van der Waals surface area contributed by atoms with Crippen LogP contribution in [0.2, 0.25) is 0 Å². The third-order valence-corrected chi connectivity index (χ3v) is 2.23. The van der Waals surface area contributed by atoms with Gasteiger partial charge >= 0.3 is 0 Å². The van der Waals surface area contributed by atoms with E-state index in [1.165, 1.54) is 17.2 Å². The molecule has 0 amide bonds. The summed E-state index contributed by atoms with van der Waals surface area (Å²) >= 11 is 0. The quantitative estimate of drug-likeness (QED) is 0.610. The van der Waals surface area contributed by atoms with E-state index in [1.807, 2.05) is 6.07 Å². The predicted octanol–water partition coefficient (Wildman–Crippen LogP) is 3.56. The minimum Gasteiger partial charge on any atom is -0.207 e. The van der Waals surface area contributed by atoms with Gasteiger partial charge in [-0.05, 0) is 36.6 Å². The zero-order valence-corrected chi connectivity index (χ0v) is 7.55. The van der Waals surface area contributed by atoms with Gasteiger partial charge in [0.15, 0.2) is 0 Å². The average molecular weight is 174 g/mol. The molecule has 0 saturated carbocycles. The van der Waals surface area contributed by atoms with Crippen LogP contribution in [0.4, 0.5) is 4.39 Å². The lowest BCUT2D eigenvalue weighted by molar-refractivity contribution is 0.627. The minimum absolute atomic E-state index is 0.164. The number of rotatable bonds is 1. The Hall–Kier alpha value is -1.37. The fourth-order valence-electron chi connectivity index (χ4n) is 1.55. The second kappa shape index (κ2) is 3.17. The summed E-state index contributed by atoms with van der Waals surface area (Å²) in [4.78, 5) is 0. The van der Waals surface area contributed by atoms with Crippen molar-refractivity contribution in [2.24, 2.45) is 0 Å². The van der Waals surface area contributed by atoms with Crippen LogP contribution in [-0.2, 0) is 0 Å². The van der Waals surface area contributed by atoms with Gasteiger partial charge in [-0.3, -0.25) is 0 Å². The highest BCUT2D eigenvalue weighted by Gasteiger charge is 2.07. The van der Waals surface area contributed by atoms with Gasteiger partial charge in [-0.1, -0.05) is 29.9 Å². The lowest BCUT2D eigenvalue weighted by atomic mass is 10.0. The molecule has 0 nitrogen and oxygen atoms in total. The number of allylic oxidation sites excluding steroid dienone is 4. The average Bonchev–Trinajstić information content (AvgIpc) is 2.52. The molecular formula is C12H11F. The van der Waals surface area contributed by atoms with E-state index in [-0.39, 0.29) is 5.82 Å². The van der Waals surface area contributed by atoms with Crippen molar-refractivity contribution in [2.45, 2.75) is 13.3 Å². The molecule has 13 heavy (non-hydrogen) atoms. The lowest BCUT2D eigenvalue weighted by Crippen LogP contribution is -1.83. The van der Waals surface area contributed by atoms with E-state index in [4.69, 9.17) is 0 Å². The Morgan fingerprint density at radius 1 is 1.23 bits per heavy atom. The summed E-state index contributed by atoms with van der Waals surface area (Å²) in [6.07, 6.45) is 5.09. The topological polar surface area (TPSA) is 0 Å². The molecule has 0 fully saturated rings. The van der Waals surface area contributed by atoms with E-state index in [1.54, 1.807) is 12.1 Å². The maximum atomic E-state index is 12.9. The second-order valence-corrected chi connectivity index (χ2v) is 3.39. The van der Waals surface area contributed by atoms with Crippen molar-refractivity contribution in [3.05, 3.63) is 53.4 Å². The van der Waals surface area contributed by atoms with Gasteiger partial charge in [0.2, 0.25) is 0 Å². The van der Waals surface area contributed by atoms with E-state index in [2.05, 4.69) is 19.1 Å². The van der Waals surface area contributed by atoms with Crippen molar-refractivity contribution >= 4 is 5.57 Å². The summed E-state index contributed by atoms with van der Waals surface area (Å²) in [5, 5.41) is 0. The normalized spacial score (nSPS) is 15.5. The minimum atomic E-state index is -0.164. The number of benzene rings is 1. The van der Waals surface area contributed by atoms with E-state index in [9.17, 15) is 4.39 Å². The molecule has 1 aromatic carbocycles. The molecule has 0 radical (unpaired) electrons. The van der Waals surface area contributed by atoms with Gasteiger partial charge in [0.25, 0.3) is 0 Å². The molecule has 1 aliphatic carbocycles. The van der Waals surface area contributed by atoms with Gasteiger partial charge in [-0.15, -0.1) is 0 Å². The highest BCUT2D eigenvalue weighted by molar-refractivity contribution is 5.72. The molecule has 1 heteroatoms. The molecule has 2 rings (SSSR count). The van der Waals surface area contributed by atoms with Crippen molar-refractivity contribution in [3.63, 3.8) is 0 Å². The van der Waals surface area contributed by atoms with Gasteiger partial charge in [0.05, 0.1) is 0 Å². The first kappa shape index (κ1) is 8.24. The summed E-state index contributed by atoms with van der Waals surface area (Å²) in [6.45, 7) is 2.09. The highest BCUT2D eigenvalue weighted by atomic mass is 19.1. The molecular weight excluding hydrogens is 163 g/mol. The van der Waals surface area contributed by atoms with Gasteiger partial charge in [-0.2, -0.15) is 0 Å². The molecule has 0 spiro atoms. The van der Waals surface area contributed by atoms with Gasteiger partial charge in [0.1, 0.15) is 5.82 Å². The Morgan fingerprint density at radius 2 is 2.08 bits per heavy atom. The van der Waals surface area contributed by atoms with Crippen LogP contribution in [0, 0.1) is 5.82 Å². The first-order valence-corrected chi connectivity index (χ1v) is 4.38. The molecule has 1 aromatic rings. The Morgan fingerprint density at radius 3 is 2.69 bits per heavy atom. The van der Waals surface area contributed by atoms with Crippen molar-refractivity contribution in [1.29, 1.82) is 0 Å². The zero-order chi connectivity index (χ0) is 9.26. The van der Waals surface area contributed by atoms with Crippen LogP contribution in [0.15, 0.2) is 42.0 Å². The Bertz CT molecular complexity index is 386. The van der Waals surface area contributed by atoms with Crippen molar-refractivity contribution < 1.29 is 4.39 Å². The molecule has 1 aliphatic rings. The number of hydrogen-bond acceptors (Lipinski definition) is 0. The standard InChI is InChI=1S/C12H11F/c1-9-5-6-11(7-9)10-3-2-4-12(13)8-10/h2-6,8H,7H2,1H3. The fourth-order valence-corrected chi connectivity index (χ4v) is 1.55. The summed E-state index contributed by atoms with van der Waals surface area (Å²) < 4.78 is 12.9. The SMILES string of the molecule is CC1=CC=C(c2cccc(F)c2)C1. The van der Waals surface area contributed by atoms with Crippen molar-refractivity contribution in [1.82, 2.24) is 0 Å². The van der Waals surface area contributed by atoms with Crippen molar-refractivity contribution in [2.75, 3.05) is 0 Å². The molecule has 0 atom stereocenters. The fraction of sp³-hybridized carbons (Fsp3) is 0.167. The first-order chi connectivity index (χ1) is 6.25. The third kappa shape index (κ3) is 1.69. The molecule has 66 valence electrons. The molecule has 0 aromatic heterocycles. The van der Waals surface area contributed by atoms with Crippen LogP contribution in [0.1, 0.15) is 18.9 Å². The number of hydrogen-bond donors (Lipinski definition) is 0. The van der Waals surface area contributed by atoms with Gasteiger partial charge in [-0.25, -0.2) is 4.39 Å². The third-order valence-electron chi connectivity index (χ3n) is 2.23. The van der Waals surface area contributed by atoms with Crippen LogP contribution in [0.5, 0.6) is 0 Å². The van der Waals surface area contributed by atoms with Crippen LogP contribution in [0.3, 0.4) is 0 Å². The molecule has 0 heterocycles. The zero-order valence-electron chi connectivity index (χ0n) is 7.55. The Kier molecular flexibility index (Phi) is 2.01. The largest absolute Gasteiger partial charge is 0.207 e. The molecule has 0 N–H and O–H groups in total. The lowest BCUT2D eigenvalue weighted by Gasteiger charge is -2.02. The second-order valence-electron chi connectivity index (χ2n) is 3.39.